The van der Waals surface area contributed by atoms with Gasteiger partial charge in [-0.2, -0.15) is 0 Å². The van der Waals surface area contributed by atoms with E-state index in [4.69, 9.17) is 14.5 Å². The molecule has 0 atom stereocenters. The van der Waals surface area contributed by atoms with Gasteiger partial charge in [-0.1, -0.05) is 26.0 Å². The number of likely N-dealkylation sites (tertiary alicyclic amines) is 1. The molecule has 1 aromatic carbocycles. The second-order valence-electron chi connectivity index (χ2n) is 6.99. The summed E-state index contributed by atoms with van der Waals surface area (Å²) in [6, 6.07) is 8.13. The third kappa shape index (κ3) is 5.71. The summed E-state index contributed by atoms with van der Waals surface area (Å²) in [6.07, 6.45) is 1.21. The fourth-order valence-corrected chi connectivity index (χ4v) is 2.82. The van der Waals surface area contributed by atoms with Crippen LogP contribution in [-0.2, 0) is 11.3 Å². The van der Waals surface area contributed by atoms with Crippen LogP contribution in [0.15, 0.2) is 29.3 Å². The third-order valence-electron chi connectivity index (χ3n) is 4.20. The molecular formula is C19H31N3O2. The highest BCUT2D eigenvalue weighted by Crippen LogP contribution is 2.28. The largest absolute Gasteiger partial charge is 0.491 e. The van der Waals surface area contributed by atoms with E-state index in [-0.39, 0.29) is 0 Å². The lowest BCUT2D eigenvalue weighted by molar-refractivity contribution is 0.146. The summed E-state index contributed by atoms with van der Waals surface area (Å²) in [5.74, 6) is 1.89. The highest BCUT2D eigenvalue weighted by molar-refractivity contribution is 5.80. The number of nitrogens with one attached hydrogen (secondary N) is 1. The van der Waals surface area contributed by atoms with Crippen LogP contribution in [-0.4, -0.2) is 50.8 Å². The molecule has 134 valence electrons. The van der Waals surface area contributed by atoms with Crippen molar-refractivity contribution in [2.75, 3.05) is 40.0 Å². The van der Waals surface area contributed by atoms with Crippen molar-refractivity contribution in [1.29, 1.82) is 0 Å². The maximum absolute atomic E-state index is 5.59. The van der Waals surface area contributed by atoms with E-state index in [0.717, 1.165) is 31.3 Å². The van der Waals surface area contributed by atoms with Gasteiger partial charge in [0, 0.05) is 26.7 Å². The van der Waals surface area contributed by atoms with Gasteiger partial charge in [0.15, 0.2) is 5.96 Å². The number of hydrogen-bond acceptors (Lipinski definition) is 3. The van der Waals surface area contributed by atoms with E-state index in [2.05, 4.69) is 43.1 Å². The Morgan fingerprint density at radius 2 is 2.00 bits per heavy atom. The molecule has 24 heavy (non-hydrogen) atoms. The van der Waals surface area contributed by atoms with Gasteiger partial charge < -0.3 is 19.7 Å². The van der Waals surface area contributed by atoms with E-state index in [1.807, 2.05) is 12.1 Å². The van der Waals surface area contributed by atoms with Gasteiger partial charge in [-0.3, -0.25) is 0 Å². The average molecular weight is 333 g/mol. The van der Waals surface area contributed by atoms with Crippen LogP contribution in [0.5, 0.6) is 5.75 Å². The van der Waals surface area contributed by atoms with E-state index in [0.29, 0.717) is 25.2 Å². The summed E-state index contributed by atoms with van der Waals surface area (Å²) < 4.78 is 10.6. The first-order valence-corrected chi connectivity index (χ1v) is 8.78. The predicted octanol–water partition coefficient (Wildman–Crippen LogP) is 2.91. The molecule has 0 radical (unpaired) electrons. The molecular weight excluding hydrogens is 302 g/mol. The van der Waals surface area contributed by atoms with Gasteiger partial charge in [0.25, 0.3) is 0 Å². The number of nitrogens with zero attached hydrogens (tertiary/aromatic N) is 2. The number of benzene rings is 1. The first-order chi connectivity index (χ1) is 11.5. The molecule has 0 saturated carbocycles. The van der Waals surface area contributed by atoms with Crippen molar-refractivity contribution in [2.45, 2.75) is 33.7 Å². The molecule has 5 heteroatoms. The van der Waals surface area contributed by atoms with Crippen molar-refractivity contribution in [3.05, 3.63) is 29.8 Å². The highest BCUT2D eigenvalue weighted by atomic mass is 16.5. The van der Waals surface area contributed by atoms with E-state index < -0.39 is 0 Å². The Morgan fingerprint density at radius 3 is 2.58 bits per heavy atom. The molecule has 0 unspecified atom stereocenters. The Balaban J connectivity index is 1.93. The van der Waals surface area contributed by atoms with Crippen LogP contribution >= 0.6 is 0 Å². The molecule has 1 aromatic rings. The van der Waals surface area contributed by atoms with Crippen molar-refractivity contribution >= 4 is 5.96 Å². The summed E-state index contributed by atoms with van der Waals surface area (Å²) in [6.45, 7) is 11.6. The fraction of sp³-hybridized carbons (Fsp3) is 0.632. The highest BCUT2D eigenvalue weighted by Gasteiger charge is 2.30. The lowest BCUT2D eigenvalue weighted by Gasteiger charge is -2.23. The second kappa shape index (κ2) is 8.92. The standard InChI is InChI=1S/C19H31N3O2/c1-5-20-18(22-11-10-19(2,3)15-22)21-14-16-6-8-17(9-7-16)24-13-12-23-4/h6-9H,5,10-15H2,1-4H3,(H,20,21). The number of rotatable bonds is 7. The van der Waals surface area contributed by atoms with Crippen LogP contribution < -0.4 is 10.1 Å². The molecule has 0 spiro atoms. The zero-order valence-corrected chi connectivity index (χ0v) is 15.5. The minimum absolute atomic E-state index is 0.372. The van der Waals surface area contributed by atoms with Crippen LogP contribution in [0, 0.1) is 5.41 Å². The second-order valence-corrected chi connectivity index (χ2v) is 6.99. The van der Waals surface area contributed by atoms with Crippen LogP contribution in [0.25, 0.3) is 0 Å². The average Bonchev–Trinajstić information content (AvgIpc) is 2.93. The monoisotopic (exact) mass is 333 g/mol. The van der Waals surface area contributed by atoms with E-state index in [1.54, 1.807) is 7.11 Å². The normalized spacial score (nSPS) is 17.2. The number of hydrogen-bond donors (Lipinski definition) is 1. The topological polar surface area (TPSA) is 46.1 Å². The van der Waals surface area contributed by atoms with Gasteiger partial charge in [0.1, 0.15) is 12.4 Å². The van der Waals surface area contributed by atoms with Crippen molar-refractivity contribution in [3.63, 3.8) is 0 Å². The minimum atomic E-state index is 0.372. The van der Waals surface area contributed by atoms with Crippen molar-refractivity contribution in [2.24, 2.45) is 10.4 Å². The summed E-state index contributed by atoms with van der Waals surface area (Å²) in [7, 11) is 1.67. The van der Waals surface area contributed by atoms with Gasteiger partial charge in [-0.25, -0.2) is 4.99 Å². The Labute approximate surface area is 146 Å². The first-order valence-electron chi connectivity index (χ1n) is 8.78. The van der Waals surface area contributed by atoms with E-state index in [9.17, 15) is 0 Å². The minimum Gasteiger partial charge on any atom is -0.491 e. The summed E-state index contributed by atoms with van der Waals surface area (Å²) in [5, 5.41) is 3.42. The van der Waals surface area contributed by atoms with Gasteiger partial charge in [0.2, 0.25) is 0 Å². The lowest BCUT2D eigenvalue weighted by atomic mass is 9.93. The van der Waals surface area contributed by atoms with Crippen LogP contribution in [0.2, 0.25) is 0 Å². The molecule has 5 nitrogen and oxygen atoms in total. The van der Waals surface area contributed by atoms with Gasteiger partial charge >= 0.3 is 0 Å². The van der Waals surface area contributed by atoms with Crippen molar-refractivity contribution in [1.82, 2.24) is 10.2 Å². The Kier molecular flexibility index (Phi) is 6.91. The van der Waals surface area contributed by atoms with Crippen LogP contribution in [0.3, 0.4) is 0 Å². The molecule has 1 fully saturated rings. The summed E-state index contributed by atoms with van der Waals surface area (Å²) >= 11 is 0. The van der Waals surface area contributed by atoms with Gasteiger partial charge in [0.05, 0.1) is 13.2 Å². The van der Waals surface area contributed by atoms with Crippen LogP contribution in [0.1, 0.15) is 32.8 Å². The fourth-order valence-electron chi connectivity index (χ4n) is 2.82. The zero-order chi connectivity index (χ0) is 17.4. The molecule has 0 bridgehead atoms. The first kappa shape index (κ1) is 18.6. The number of aliphatic imine (C=N–C) groups is 1. The molecule has 1 heterocycles. The maximum Gasteiger partial charge on any atom is 0.194 e. The lowest BCUT2D eigenvalue weighted by Crippen LogP contribution is -2.40. The van der Waals surface area contributed by atoms with Crippen molar-refractivity contribution < 1.29 is 9.47 Å². The summed E-state index contributed by atoms with van der Waals surface area (Å²) in [5.41, 5.74) is 1.56. The van der Waals surface area contributed by atoms with E-state index >= 15 is 0 Å². The zero-order valence-electron chi connectivity index (χ0n) is 15.5. The molecule has 1 N–H and O–H groups in total. The maximum atomic E-state index is 5.59. The Hall–Kier alpha value is -1.75. The smallest absolute Gasteiger partial charge is 0.194 e. The molecule has 2 rings (SSSR count). The molecule has 0 aliphatic carbocycles. The van der Waals surface area contributed by atoms with Crippen LogP contribution in [0.4, 0.5) is 0 Å². The Bertz CT molecular complexity index is 526. The van der Waals surface area contributed by atoms with Crippen molar-refractivity contribution in [3.8, 4) is 5.75 Å². The van der Waals surface area contributed by atoms with E-state index in [1.165, 1.54) is 12.0 Å². The van der Waals surface area contributed by atoms with Gasteiger partial charge in [-0.15, -0.1) is 0 Å². The molecule has 0 amide bonds. The SMILES string of the molecule is CCNC(=NCc1ccc(OCCOC)cc1)N1CCC(C)(C)C1. The quantitative estimate of drug-likeness (QED) is 0.473. The third-order valence-corrected chi connectivity index (χ3v) is 4.20. The molecule has 1 saturated heterocycles. The molecule has 1 aliphatic heterocycles. The number of methoxy groups -OCH3 is 1. The predicted molar refractivity (Wildman–Crippen MR) is 98.6 cm³/mol. The molecule has 0 aromatic heterocycles. The molecule has 1 aliphatic rings. The number of guanidine groups is 1. The summed E-state index contributed by atoms with van der Waals surface area (Å²) in [4.78, 5) is 7.17. The Morgan fingerprint density at radius 1 is 1.25 bits per heavy atom. The van der Waals surface area contributed by atoms with Gasteiger partial charge in [-0.05, 0) is 36.5 Å². The number of ether oxygens (including phenoxy) is 2.